The molecule has 1 saturated carbocycles. The lowest BCUT2D eigenvalue weighted by Gasteiger charge is -2.17. The summed E-state index contributed by atoms with van der Waals surface area (Å²) in [4.78, 5) is 26.7. The quantitative estimate of drug-likeness (QED) is 0.369. The minimum atomic E-state index is 0.0856. The third-order valence-electron chi connectivity index (χ3n) is 4.71. The molecule has 0 spiro atoms. The summed E-state index contributed by atoms with van der Waals surface area (Å²) in [5, 5.41) is 9.03. The maximum Gasteiger partial charge on any atom is 0.228 e. The standard InChI is InChI=1S/C19H26N4O2S2/c1-6-17(25)23(14-7-8-14)18-20-21-19(27-18)26-10-16(24)15-9-12(4)22(11(2)3)13(15)5/h9,11,14H,6-8,10H2,1-5H3. The Morgan fingerprint density at radius 2 is 2.04 bits per heavy atom. The average Bonchev–Trinajstić information content (AvgIpc) is 3.25. The zero-order valence-corrected chi connectivity index (χ0v) is 18.1. The topological polar surface area (TPSA) is 68.1 Å². The Morgan fingerprint density at radius 1 is 1.33 bits per heavy atom. The van der Waals surface area contributed by atoms with Crippen molar-refractivity contribution >= 4 is 39.9 Å². The Bertz CT molecular complexity index is 852. The van der Waals surface area contributed by atoms with E-state index in [1.54, 1.807) is 4.90 Å². The lowest BCUT2D eigenvalue weighted by Crippen LogP contribution is -2.32. The van der Waals surface area contributed by atoms with Crippen LogP contribution < -0.4 is 4.90 Å². The number of anilines is 1. The zero-order chi connectivity index (χ0) is 19.7. The lowest BCUT2D eigenvalue weighted by molar-refractivity contribution is -0.118. The first-order chi connectivity index (χ1) is 12.8. The van der Waals surface area contributed by atoms with Gasteiger partial charge >= 0.3 is 0 Å². The summed E-state index contributed by atoms with van der Waals surface area (Å²) in [6, 6.07) is 2.57. The molecular weight excluding hydrogens is 380 g/mol. The number of Topliss-reactive ketones (excluding diaryl/α,β-unsaturated/α-hetero) is 1. The minimum absolute atomic E-state index is 0.0856. The Labute approximate surface area is 168 Å². The number of carbonyl (C=O) groups is 2. The van der Waals surface area contributed by atoms with Gasteiger partial charge in [0.15, 0.2) is 10.1 Å². The smallest absolute Gasteiger partial charge is 0.228 e. The summed E-state index contributed by atoms with van der Waals surface area (Å²) >= 11 is 2.79. The number of hydrogen-bond acceptors (Lipinski definition) is 6. The van der Waals surface area contributed by atoms with Gasteiger partial charge in [0.25, 0.3) is 0 Å². The fourth-order valence-electron chi connectivity index (χ4n) is 3.39. The normalized spacial score (nSPS) is 14.0. The van der Waals surface area contributed by atoms with Gasteiger partial charge in [0.05, 0.1) is 5.75 Å². The lowest BCUT2D eigenvalue weighted by atomic mass is 10.2. The molecule has 2 aromatic heterocycles. The highest BCUT2D eigenvalue weighted by Crippen LogP contribution is 2.36. The SMILES string of the molecule is CCC(=O)N(c1nnc(SCC(=O)c2cc(C)n(C(C)C)c2C)s1)C1CC1. The number of aryl methyl sites for hydroxylation is 1. The first-order valence-electron chi connectivity index (χ1n) is 9.33. The number of aromatic nitrogens is 3. The van der Waals surface area contributed by atoms with Gasteiger partial charge in [-0.05, 0) is 46.6 Å². The van der Waals surface area contributed by atoms with Gasteiger partial charge in [-0.25, -0.2) is 0 Å². The van der Waals surface area contributed by atoms with Crippen molar-refractivity contribution in [2.45, 2.75) is 70.3 Å². The first kappa shape index (κ1) is 20.1. The molecule has 1 fully saturated rings. The highest BCUT2D eigenvalue weighted by Gasteiger charge is 2.35. The van der Waals surface area contributed by atoms with Gasteiger partial charge in [-0.2, -0.15) is 0 Å². The van der Waals surface area contributed by atoms with Gasteiger partial charge < -0.3 is 4.57 Å². The van der Waals surface area contributed by atoms with Crippen molar-refractivity contribution in [2.75, 3.05) is 10.7 Å². The predicted octanol–water partition coefficient (Wildman–Crippen LogP) is 4.42. The van der Waals surface area contributed by atoms with Gasteiger partial charge in [-0.1, -0.05) is 30.0 Å². The Kier molecular flexibility index (Phi) is 6.05. The highest BCUT2D eigenvalue weighted by atomic mass is 32.2. The van der Waals surface area contributed by atoms with Crippen molar-refractivity contribution in [3.05, 3.63) is 23.0 Å². The maximum atomic E-state index is 12.7. The van der Waals surface area contributed by atoms with E-state index in [1.807, 2.05) is 26.8 Å². The molecule has 1 amide bonds. The van der Waals surface area contributed by atoms with Crippen LogP contribution in [0.4, 0.5) is 5.13 Å². The molecule has 0 N–H and O–H groups in total. The van der Waals surface area contributed by atoms with Crippen LogP contribution in [0.2, 0.25) is 0 Å². The van der Waals surface area contributed by atoms with E-state index in [0.29, 0.717) is 23.3 Å². The van der Waals surface area contributed by atoms with Crippen molar-refractivity contribution in [1.82, 2.24) is 14.8 Å². The second kappa shape index (κ2) is 8.14. The molecule has 8 heteroatoms. The molecule has 0 radical (unpaired) electrons. The molecule has 6 nitrogen and oxygen atoms in total. The second-order valence-electron chi connectivity index (χ2n) is 7.16. The van der Waals surface area contributed by atoms with E-state index in [4.69, 9.17) is 0 Å². The number of thioether (sulfide) groups is 1. The molecule has 0 atom stereocenters. The van der Waals surface area contributed by atoms with Gasteiger partial charge in [0.2, 0.25) is 11.0 Å². The van der Waals surface area contributed by atoms with Crippen LogP contribution in [0.3, 0.4) is 0 Å². The number of carbonyl (C=O) groups excluding carboxylic acids is 2. The van der Waals surface area contributed by atoms with Gasteiger partial charge in [0.1, 0.15) is 0 Å². The molecule has 0 aromatic carbocycles. The van der Waals surface area contributed by atoms with Gasteiger partial charge in [-0.3, -0.25) is 14.5 Å². The van der Waals surface area contributed by atoms with Crippen LogP contribution in [0.1, 0.15) is 67.8 Å². The van der Waals surface area contributed by atoms with Crippen LogP contribution >= 0.6 is 23.1 Å². The number of ketones is 1. The van der Waals surface area contributed by atoms with E-state index in [-0.39, 0.29) is 17.7 Å². The summed E-state index contributed by atoms with van der Waals surface area (Å²) in [7, 11) is 0. The first-order valence-corrected chi connectivity index (χ1v) is 11.1. The maximum absolute atomic E-state index is 12.7. The van der Waals surface area contributed by atoms with Crippen LogP contribution in [-0.4, -0.2) is 38.2 Å². The Morgan fingerprint density at radius 3 is 2.59 bits per heavy atom. The molecule has 1 aliphatic rings. The van der Waals surface area contributed by atoms with E-state index in [9.17, 15) is 9.59 Å². The molecule has 146 valence electrons. The predicted molar refractivity (Wildman–Crippen MR) is 110 cm³/mol. The monoisotopic (exact) mass is 406 g/mol. The Balaban J connectivity index is 1.67. The average molecular weight is 407 g/mol. The third kappa shape index (κ3) is 4.27. The largest absolute Gasteiger partial charge is 0.346 e. The fourth-order valence-corrected chi connectivity index (χ4v) is 5.20. The van der Waals surface area contributed by atoms with E-state index >= 15 is 0 Å². The van der Waals surface area contributed by atoms with Crippen molar-refractivity contribution < 1.29 is 9.59 Å². The van der Waals surface area contributed by atoms with Crippen molar-refractivity contribution in [1.29, 1.82) is 0 Å². The van der Waals surface area contributed by atoms with E-state index in [2.05, 4.69) is 28.6 Å². The van der Waals surface area contributed by atoms with Crippen LogP contribution in [0.15, 0.2) is 10.4 Å². The molecule has 0 saturated heterocycles. The second-order valence-corrected chi connectivity index (χ2v) is 9.34. The van der Waals surface area contributed by atoms with Crippen LogP contribution in [0.5, 0.6) is 0 Å². The van der Waals surface area contributed by atoms with E-state index < -0.39 is 0 Å². The van der Waals surface area contributed by atoms with Gasteiger partial charge in [0, 0.05) is 35.5 Å². The molecule has 1 aliphatic carbocycles. The number of hydrogen-bond donors (Lipinski definition) is 0. The molecule has 0 bridgehead atoms. The molecule has 3 rings (SSSR count). The summed E-state index contributed by atoms with van der Waals surface area (Å²) < 4.78 is 2.91. The molecule has 0 aliphatic heterocycles. The highest BCUT2D eigenvalue weighted by molar-refractivity contribution is 8.01. The molecule has 27 heavy (non-hydrogen) atoms. The van der Waals surface area contributed by atoms with Crippen LogP contribution in [0.25, 0.3) is 0 Å². The van der Waals surface area contributed by atoms with Crippen LogP contribution in [0, 0.1) is 13.8 Å². The molecule has 2 aromatic rings. The van der Waals surface area contributed by atoms with Crippen LogP contribution in [-0.2, 0) is 4.79 Å². The molecule has 0 unspecified atom stereocenters. The summed E-state index contributed by atoms with van der Waals surface area (Å²) in [5.74, 6) is 0.505. The van der Waals surface area contributed by atoms with Gasteiger partial charge in [-0.15, -0.1) is 10.2 Å². The zero-order valence-electron chi connectivity index (χ0n) is 16.5. The number of amides is 1. The minimum Gasteiger partial charge on any atom is -0.346 e. The third-order valence-corrected chi connectivity index (χ3v) is 6.77. The van der Waals surface area contributed by atoms with E-state index in [0.717, 1.165) is 34.1 Å². The van der Waals surface area contributed by atoms with E-state index in [1.165, 1.54) is 23.1 Å². The summed E-state index contributed by atoms with van der Waals surface area (Å²) in [6.07, 6.45) is 2.51. The summed E-state index contributed by atoms with van der Waals surface area (Å²) in [5.41, 5.74) is 2.89. The van der Waals surface area contributed by atoms with Crippen molar-refractivity contribution in [2.24, 2.45) is 0 Å². The van der Waals surface area contributed by atoms with Crippen molar-refractivity contribution in [3.8, 4) is 0 Å². The number of nitrogens with zero attached hydrogens (tertiary/aromatic N) is 4. The summed E-state index contributed by atoms with van der Waals surface area (Å²) in [6.45, 7) is 10.1. The fraction of sp³-hybridized carbons (Fsp3) is 0.579. The van der Waals surface area contributed by atoms with Crippen molar-refractivity contribution in [3.63, 3.8) is 0 Å². The Hall–Kier alpha value is -1.67. The number of rotatable bonds is 8. The molecular formula is C19H26N4O2S2. The molecule has 2 heterocycles.